The fourth-order valence-corrected chi connectivity index (χ4v) is 5.31. The van der Waals surface area contributed by atoms with Crippen LogP contribution < -0.4 is 0 Å². The Morgan fingerprint density at radius 3 is 1.95 bits per heavy atom. The van der Waals surface area contributed by atoms with Gasteiger partial charge in [-0.3, -0.25) is 0 Å². The Kier molecular flexibility index (Phi) is 2.64. The Hall–Kier alpha value is -0.290. The van der Waals surface area contributed by atoms with Crippen LogP contribution in [-0.4, -0.2) is 28.1 Å². The molecule has 0 saturated heterocycles. The van der Waals surface area contributed by atoms with Gasteiger partial charge in [-0.05, 0) is 48.9 Å². The lowest BCUT2D eigenvalue weighted by atomic mass is 9.49. The zero-order chi connectivity index (χ0) is 14.3. The molecule has 3 aliphatic carbocycles. The van der Waals surface area contributed by atoms with E-state index >= 15 is 0 Å². The summed E-state index contributed by atoms with van der Waals surface area (Å²) in [6.07, 6.45) is -4.77. The van der Waals surface area contributed by atoms with Gasteiger partial charge in [0.2, 0.25) is 0 Å². The highest BCUT2D eigenvalue weighted by molar-refractivity contribution is 5.18. The third-order valence-corrected chi connectivity index (χ3v) is 6.56. The van der Waals surface area contributed by atoms with Crippen LogP contribution in [0.1, 0.15) is 27.2 Å². The molecule has 3 fully saturated rings. The molecule has 0 heterocycles. The minimum atomic E-state index is -4.68. The van der Waals surface area contributed by atoms with E-state index in [0.717, 1.165) is 13.3 Å². The molecule has 19 heavy (non-hydrogen) atoms. The Morgan fingerprint density at radius 2 is 1.47 bits per heavy atom. The van der Waals surface area contributed by atoms with E-state index < -0.39 is 23.8 Å². The molecular weight excluding hydrogens is 257 g/mol. The molecule has 0 radical (unpaired) electrons. The number of hydrogen-bond acceptors (Lipinski definition) is 2. The first kappa shape index (κ1) is 13.7. The van der Waals surface area contributed by atoms with E-state index in [0.29, 0.717) is 17.8 Å². The molecule has 2 bridgehead atoms. The summed E-state index contributed by atoms with van der Waals surface area (Å²) in [6.45, 7) is 5.04. The molecule has 0 spiro atoms. The van der Waals surface area contributed by atoms with Crippen molar-refractivity contribution < 1.29 is 23.4 Å². The maximum atomic E-state index is 13.0. The van der Waals surface area contributed by atoms with E-state index in [-0.39, 0.29) is 17.8 Å². The second kappa shape index (κ2) is 3.67. The van der Waals surface area contributed by atoms with E-state index in [1.165, 1.54) is 0 Å². The van der Waals surface area contributed by atoms with Crippen molar-refractivity contribution in [1.29, 1.82) is 0 Å². The topological polar surface area (TPSA) is 40.5 Å². The Balaban J connectivity index is 1.89. The van der Waals surface area contributed by atoms with Gasteiger partial charge in [0, 0.05) is 5.92 Å². The molecule has 9 atom stereocenters. The standard InChI is InChI=1S/C14H21F3O2/c1-5-6(2)8-4-7(5)9-10(8)12(18)11(9)13(3,19)14(15,16)17/h5-12,18-19H,4H2,1-3H3. The summed E-state index contributed by atoms with van der Waals surface area (Å²) >= 11 is 0. The average molecular weight is 278 g/mol. The van der Waals surface area contributed by atoms with Crippen LogP contribution in [0.4, 0.5) is 13.2 Å². The van der Waals surface area contributed by atoms with E-state index in [1.807, 2.05) is 0 Å². The first-order valence-electron chi connectivity index (χ1n) is 7.06. The van der Waals surface area contributed by atoms with Crippen molar-refractivity contribution in [1.82, 2.24) is 0 Å². The largest absolute Gasteiger partial charge is 0.417 e. The Bertz CT molecular complexity index is 391. The van der Waals surface area contributed by atoms with Gasteiger partial charge in [-0.2, -0.15) is 13.2 Å². The van der Waals surface area contributed by atoms with Crippen LogP contribution in [0.3, 0.4) is 0 Å². The smallest absolute Gasteiger partial charge is 0.392 e. The molecule has 110 valence electrons. The first-order valence-corrected chi connectivity index (χ1v) is 7.06. The minimum absolute atomic E-state index is 0.0324. The summed E-state index contributed by atoms with van der Waals surface area (Å²) in [5.74, 6) is 0.177. The maximum Gasteiger partial charge on any atom is 0.417 e. The zero-order valence-electron chi connectivity index (χ0n) is 11.4. The van der Waals surface area contributed by atoms with E-state index in [4.69, 9.17) is 0 Å². The fourth-order valence-electron chi connectivity index (χ4n) is 5.31. The molecule has 9 unspecified atom stereocenters. The molecule has 0 aromatic carbocycles. The van der Waals surface area contributed by atoms with Crippen molar-refractivity contribution in [3.63, 3.8) is 0 Å². The predicted octanol–water partition coefficient (Wildman–Crippen LogP) is 2.44. The third-order valence-electron chi connectivity index (χ3n) is 6.56. The van der Waals surface area contributed by atoms with Crippen LogP contribution in [0.25, 0.3) is 0 Å². The van der Waals surface area contributed by atoms with Gasteiger partial charge in [-0.1, -0.05) is 13.8 Å². The summed E-state index contributed by atoms with van der Waals surface area (Å²) in [7, 11) is 0. The summed E-state index contributed by atoms with van der Waals surface area (Å²) in [5, 5.41) is 20.0. The summed E-state index contributed by atoms with van der Waals surface area (Å²) < 4.78 is 39.0. The molecule has 3 rings (SSSR count). The van der Waals surface area contributed by atoms with Gasteiger partial charge in [0.15, 0.2) is 5.60 Å². The molecule has 0 amide bonds. The molecule has 2 N–H and O–H groups in total. The van der Waals surface area contributed by atoms with Gasteiger partial charge in [0.1, 0.15) is 0 Å². The van der Waals surface area contributed by atoms with Gasteiger partial charge in [-0.15, -0.1) is 0 Å². The molecule has 0 aromatic rings. The van der Waals surface area contributed by atoms with Crippen molar-refractivity contribution in [3.8, 4) is 0 Å². The van der Waals surface area contributed by atoms with Crippen molar-refractivity contribution >= 4 is 0 Å². The monoisotopic (exact) mass is 278 g/mol. The van der Waals surface area contributed by atoms with Crippen LogP contribution in [0.15, 0.2) is 0 Å². The van der Waals surface area contributed by atoms with Gasteiger partial charge in [0.25, 0.3) is 0 Å². The lowest BCUT2D eigenvalue weighted by Crippen LogP contribution is -2.67. The number of aliphatic hydroxyl groups excluding tert-OH is 1. The molecule has 3 saturated carbocycles. The van der Waals surface area contributed by atoms with Crippen molar-refractivity contribution in [2.45, 2.75) is 45.1 Å². The minimum Gasteiger partial charge on any atom is -0.392 e. The highest BCUT2D eigenvalue weighted by Crippen LogP contribution is 2.69. The molecule has 0 aromatic heterocycles. The van der Waals surface area contributed by atoms with E-state index in [1.54, 1.807) is 0 Å². The number of hydrogen-bond donors (Lipinski definition) is 2. The first-order chi connectivity index (χ1) is 8.59. The van der Waals surface area contributed by atoms with Crippen LogP contribution in [-0.2, 0) is 0 Å². The summed E-state index contributed by atoms with van der Waals surface area (Å²) in [5.41, 5.74) is -2.78. The quantitative estimate of drug-likeness (QED) is 0.773. The van der Waals surface area contributed by atoms with Crippen LogP contribution in [0, 0.1) is 41.4 Å². The lowest BCUT2D eigenvalue weighted by Gasteiger charge is -2.59. The third kappa shape index (κ3) is 1.46. The SMILES string of the molecule is CC1C(C)C2CC1C1C(O)C(C(C)(O)C(F)(F)F)C21. The van der Waals surface area contributed by atoms with Crippen molar-refractivity contribution in [2.24, 2.45) is 41.4 Å². The average Bonchev–Trinajstić information content (AvgIpc) is 2.71. The second-order valence-corrected chi connectivity index (χ2v) is 7.10. The molecule has 5 heteroatoms. The number of rotatable bonds is 1. The normalized spacial score (nSPS) is 55.6. The van der Waals surface area contributed by atoms with E-state index in [2.05, 4.69) is 13.8 Å². The van der Waals surface area contributed by atoms with Crippen LogP contribution in [0.2, 0.25) is 0 Å². The number of alkyl halides is 3. The van der Waals surface area contributed by atoms with Gasteiger partial charge >= 0.3 is 6.18 Å². The summed E-state index contributed by atoms with van der Waals surface area (Å²) in [4.78, 5) is 0. The summed E-state index contributed by atoms with van der Waals surface area (Å²) in [6, 6.07) is 0. The second-order valence-electron chi connectivity index (χ2n) is 7.10. The van der Waals surface area contributed by atoms with Gasteiger partial charge in [0.05, 0.1) is 6.10 Å². The number of aliphatic hydroxyl groups is 2. The maximum absolute atomic E-state index is 13.0. The fraction of sp³-hybridized carbons (Fsp3) is 1.00. The van der Waals surface area contributed by atoms with Crippen LogP contribution in [0.5, 0.6) is 0 Å². The van der Waals surface area contributed by atoms with E-state index in [9.17, 15) is 23.4 Å². The molecule has 0 aliphatic heterocycles. The predicted molar refractivity (Wildman–Crippen MR) is 63.1 cm³/mol. The van der Waals surface area contributed by atoms with Crippen LogP contribution >= 0.6 is 0 Å². The van der Waals surface area contributed by atoms with Crippen molar-refractivity contribution in [2.75, 3.05) is 0 Å². The number of halogens is 3. The van der Waals surface area contributed by atoms with Gasteiger partial charge in [-0.25, -0.2) is 0 Å². The molecule has 2 nitrogen and oxygen atoms in total. The molecular formula is C14H21F3O2. The zero-order valence-corrected chi connectivity index (χ0v) is 11.4. The highest BCUT2D eigenvalue weighted by atomic mass is 19.4. The Labute approximate surface area is 111 Å². The number of fused-ring (bicyclic) bond motifs is 5. The Morgan fingerprint density at radius 1 is 1.00 bits per heavy atom. The van der Waals surface area contributed by atoms with Crippen molar-refractivity contribution in [3.05, 3.63) is 0 Å². The highest BCUT2D eigenvalue weighted by Gasteiger charge is 2.73. The van der Waals surface area contributed by atoms with Gasteiger partial charge < -0.3 is 10.2 Å². The lowest BCUT2D eigenvalue weighted by molar-refractivity contribution is -0.323. The molecule has 3 aliphatic rings.